The number of hydrogen-bond acceptors (Lipinski definition) is 3. The topological polar surface area (TPSA) is 66.4 Å². The number of amides is 1. The van der Waals surface area contributed by atoms with E-state index in [9.17, 15) is 9.59 Å². The number of hydrogen-bond donors (Lipinski definition) is 2. The van der Waals surface area contributed by atoms with Crippen LogP contribution in [-0.2, 0) is 9.59 Å². The van der Waals surface area contributed by atoms with Crippen molar-refractivity contribution in [1.82, 2.24) is 5.32 Å². The molecule has 1 rings (SSSR count). The van der Waals surface area contributed by atoms with Crippen LogP contribution in [0.5, 0.6) is 0 Å². The van der Waals surface area contributed by atoms with E-state index in [1.54, 1.807) is 0 Å². The van der Waals surface area contributed by atoms with Gasteiger partial charge in [-0.3, -0.25) is 4.79 Å². The molecule has 1 atom stereocenters. The van der Waals surface area contributed by atoms with Gasteiger partial charge in [-0.2, -0.15) is 11.8 Å². The van der Waals surface area contributed by atoms with E-state index in [0.29, 0.717) is 11.8 Å². The predicted octanol–water partition coefficient (Wildman–Crippen LogP) is 1.03. The van der Waals surface area contributed by atoms with Crippen LogP contribution in [0.25, 0.3) is 0 Å². The Balaban J connectivity index is 2.18. The minimum Gasteiger partial charge on any atom is -0.478 e. The van der Waals surface area contributed by atoms with E-state index in [4.69, 9.17) is 5.11 Å². The number of aliphatic carboxylic acids is 1. The molecule has 0 aliphatic carbocycles. The van der Waals surface area contributed by atoms with E-state index in [1.165, 1.54) is 12.8 Å². The first-order valence-electron chi connectivity index (χ1n) is 4.99. The van der Waals surface area contributed by atoms with Gasteiger partial charge < -0.3 is 10.4 Å². The van der Waals surface area contributed by atoms with E-state index in [0.717, 1.165) is 24.3 Å². The van der Waals surface area contributed by atoms with Crippen LogP contribution >= 0.6 is 11.8 Å². The molecule has 1 aliphatic heterocycles. The molecule has 0 aromatic heterocycles. The number of nitrogens with one attached hydrogen (secondary N) is 1. The molecule has 0 spiro atoms. The summed E-state index contributed by atoms with van der Waals surface area (Å²) in [7, 11) is 0. The molecule has 0 radical (unpaired) electrons. The van der Waals surface area contributed by atoms with E-state index in [2.05, 4.69) is 5.32 Å². The fourth-order valence-corrected chi connectivity index (χ4v) is 2.63. The van der Waals surface area contributed by atoms with Gasteiger partial charge in [0.05, 0.1) is 0 Å². The second kappa shape index (κ2) is 6.50. The van der Waals surface area contributed by atoms with E-state index < -0.39 is 5.97 Å². The van der Waals surface area contributed by atoms with Gasteiger partial charge >= 0.3 is 5.97 Å². The van der Waals surface area contributed by atoms with Gasteiger partial charge in [0, 0.05) is 23.9 Å². The smallest absolute Gasteiger partial charge is 0.328 e. The standard InChI is InChI=1S/C10H15NO3S/c12-9(4-5-10(13)14)11-7-8-3-1-2-6-15-8/h4-5,8H,1-3,6-7H2,(H,11,12)(H,13,14)/b5-4+. The molecule has 15 heavy (non-hydrogen) atoms. The van der Waals surface area contributed by atoms with Crippen molar-refractivity contribution in [3.05, 3.63) is 12.2 Å². The Bertz CT molecular complexity index is 259. The summed E-state index contributed by atoms with van der Waals surface area (Å²) in [6.07, 6.45) is 5.51. The van der Waals surface area contributed by atoms with Gasteiger partial charge in [0.1, 0.15) is 0 Å². The molecule has 0 aromatic rings. The third-order valence-electron chi connectivity index (χ3n) is 2.16. The monoisotopic (exact) mass is 229 g/mol. The van der Waals surface area contributed by atoms with Crippen molar-refractivity contribution in [2.45, 2.75) is 24.5 Å². The Morgan fingerprint density at radius 3 is 2.80 bits per heavy atom. The maximum absolute atomic E-state index is 11.1. The number of thioether (sulfide) groups is 1. The summed E-state index contributed by atoms with van der Waals surface area (Å²) < 4.78 is 0. The van der Waals surface area contributed by atoms with Gasteiger partial charge in [0.15, 0.2) is 0 Å². The van der Waals surface area contributed by atoms with Gasteiger partial charge in [0.25, 0.3) is 0 Å². The molecule has 1 heterocycles. The highest BCUT2D eigenvalue weighted by molar-refractivity contribution is 7.99. The van der Waals surface area contributed by atoms with Gasteiger partial charge in [-0.15, -0.1) is 0 Å². The van der Waals surface area contributed by atoms with Crippen LogP contribution in [0.2, 0.25) is 0 Å². The van der Waals surface area contributed by atoms with Gasteiger partial charge in [-0.25, -0.2) is 4.79 Å². The average Bonchev–Trinajstić information content (AvgIpc) is 2.25. The van der Waals surface area contributed by atoms with Crippen molar-refractivity contribution in [2.24, 2.45) is 0 Å². The molecule has 84 valence electrons. The second-order valence-electron chi connectivity index (χ2n) is 3.41. The molecule has 0 saturated carbocycles. The van der Waals surface area contributed by atoms with Crippen molar-refractivity contribution < 1.29 is 14.7 Å². The molecular weight excluding hydrogens is 214 g/mol. The first-order chi connectivity index (χ1) is 7.18. The second-order valence-corrected chi connectivity index (χ2v) is 4.81. The Labute approximate surface area is 93.1 Å². The van der Waals surface area contributed by atoms with Gasteiger partial charge in [0.2, 0.25) is 5.91 Å². The molecule has 0 aromatic carbocycles. The lowest BCUT2D eigenvalue weighted by Gasteiger charge is -2.20. The molecule has 5 heteroatoms. The average molecular weight is 229 g/mol. The fraction of sp³-hybridized carbons (Fsp3) is 0.600. The zero-order valence-corrected chi connectivity index (χ0v) is 9.26. The van der Waals surface area contributed by atoms with Crippen molar-refractivity contribution in [1.29, 1.82) is 0 Å². The molecule has 1 fully saturated rings. The van der Waals surface area contributed by atoms with Gasteiger partial charge in [-0.1, -0.05) is 6.42 Å². The minimum absolute atomic E-state index is 0.330. The highest BCUT2D eigenvalue weighted by Gasteiger charge is 2.13. The van der Waals surface area contributed by atoms with Crippen LogP contribution in [0, 0.1) is 0 Å². The highest BCUT2D eigenvalue weighted by Crippen LogP contribution is 2.24. The highest BCUT2D eigenvalue weighted by atomic mass is 32.2. The molecule has 0 bridgehead atoms. The predicted molar refractivity (Wildman–Crippen MR) is 59.9 cm³/mol. The number of carbonyl (C=O) groups excluding carboxylic acids is 1. The van der Waals surface area contributed by atoms with Crippen LogP contribution in [-0.4, -0.2) is 34.5 Å². The summed E-state index contributed by atoms with van der Waals surface area (Å²) in [5.74, 6) is -0.272. The Kier molecular flexibility index (Phi) is 5.25. The number of carbonyl (C=O) groups is 2. The van der Waals surface area contributed by atoms with Crippen LogP contribution in [0.4, 0.5) is 0 Å². The minimum atomic E-state index is -1.10. The third-order valence-corrected chi connectivity index (χ3v) is 3.55. The van der Waals surface area contributed by atoms with Crippen LogP contribution in [0.1, 0.15) is 19.3 Å². The first-order valence-corrected chi connectivity index (χ1v) is 6.04. The number of rotatable bonds is 4. The summed E-state index contributed by atoms with van der Waals surface area (Å²) in [5.41, 5.74) is 0. The molecule has 1 saturated heterocycles. The van der Waals surface area contributed by atoms with Crippen molar-refractivity contribution >= 4 is 23.6 Å². The lowest BCUT2D eigenvalue weighted by molar-refractivity contribution is -0.131. The maximum Gasteiger partial charge on any atom is 0.328 e. The Morgan fingerprint density at radius 1 is 1.40 bits per heavy atom. The maximum atomic E-state index is 11.1. The molecule has 1 aliphatic rings. The largest absolute Gasteiger partial charge is 0.478 e. The lowest BCUT2D eigenvalue weighted by Crippen LogP contribution is -2.30. The van der Waals surface area contributed by atoms with Crippen LogP contribution in [0.3, 0.4) is 0 Å². The van der Waals surface area contributed by atoms with Crippen molar-refractivity contribution in [2.75, 3.05) is 12.3 Å². The van der Waals surface area contributed by atoms with Crippen molar-refractivity contribution in [3.8, 4) is 0 Å². The lowest BCUT2D eigenvalue weighted by atomic mass is 10.2. The van der Waals surface area contributed by atoms with E-state index in [-0.39, 0.29) is 5.91 Å². The van der Waals surface area contributed by atoms with E-state index >= 15 is 0 Å². The van der Waals surface area contributed by atoms with Crippen LogP contribution < -0.4 is 5.32 Å². The normalized spacial score (nSPS) is 21.5. The molecule has 4 nitrogen and oxygen atoms in total. The third kappa shape index (κ3) is 5.47. The molecule has 1 unspecified atom stereocenters. The van der Waals surface area contributed by atoms with Crippen molar-refractivity contribution in [3.63, 3.8) is 0 Å². The van der Waals surface area contributed by atoms with Crippen LogP contribution in [0.15, 0.2) is 12.2 Å². The summed E-state index contributed by atoms with van der Waals surface area (Å²) in [6, 6.07) is 0. The SMILES string of the molecule is O=C(O)/C=C/C(=O)NCC1CCCCS1. The molecule has 1 amide bonds. The summed E-state index contributed by atoms with van der Waals surface area (Å²) >= 11 is 1.87. The quantitative estimate of drug-likeness (QED) is 0.707. The Morgan fingerprint density at radius 2 is 2.20 bits per heavy atom. The van der Waals surface area contributed by atoms with E-state index in [1.807, 2.05) is 11.8 Å². The van der Waals surface area contributed by atoms with Gasteiger partial charge in [-0.05, 0) is 18.6 Å². The summed E-state index contributed by atoms with van der Waals surface area (Å²) in [4.78, 5) is 21.3. The summed E-state index contributed by atoms with van der Waals surface area (Å²) in [6.45, 7) is 0.632. The number of carboxylic acids is 1. The zero-order valence-electron chi connectivity index (χ0n) is 8.44. The fourth-order valence-electron chi connectivity index (χ4n) is 1.39. The zero-order chi connectivity index (χ0) is 11.1. The summed E-state index contributed by atoms with van der Waals surface area (Å²) in [5, 5.41) is 11.5. The first kappa shape index (κ1) is 12.1. The Hall–Kier alpha value is -0.970. The number of carboxylic acid groups (broad SMARTS) is 1. The molecular formula is C10H15NO3S. The molecule has 2 N–H and O–H groups in total.